The number of hydrogen-bond donors (Lipinski definition) is 1. The van der Waals surface area contributed by atoms with Gasteiger partial charge in [-0.2, -0.15) is 4.98 Å². The first-order valence-electron chi connectivity index (χ1n) is 8.18. The number of aromatic nitrogens is 2. The van der Waals surface area contributed by atoms with Crippen molar-refractivity contribution in [1.29, 1.82) is 0 Å². The molecule has 1 aromatic carbocycles. The molecule has 6 nitrogen and oxygen atoms in total. The second-order valence-corrected chi connectivity index (χ2v) is 5.87. The van der Waals surface area contributed by atoms with Crippen molar-refractivity contribution in [2.45, 2.75) is 19.9 Å². The summed E-state index contributed by atoms with van der Waals surface area (Å²) in [5.41, 5.74) is 1.29. The summed E-state index contributed by atoms with van der Waals surface area (Å²) in [6.45, 7) is 5.33. The molecule has 1 aliphatic heterocycles. The van der Waals surface area contributed by atoms with Gasteiger partial charge in [0.2, 0.25) is 0 Å². The van der Waals surface area contributed by atoms with Gasteiger partial charge in [0.25, 0.3) is 0 Å². The van der Waals surface area contributed by atoms with Crippen LogP contribution < -0.4 is 19.7 Å². The van der Waals surface area contributed by atoms with Crippen LogP contribution in [0.15, 0.2) is 30.3 Å². The van der Waals surface area contributed by atoms with Crippen molar-refractivity contribution < 1.29 is 22.6 Å². The molecule has 1 N–H and O–H groups in total. The van der Waals surface area contributed by atoms with E-state index in [0.29, 0.717) is 5.56 Å². The van der Waals surface area contributed by atoms with E-state index in [-0.39, 0.29) is 18.4 Å². The molecule has 26 heavy (non-hydrogen) atoms. The molecule has 0 unspecified atom stereocenters. The van der Waals surface area contributed by atoms with Crippen LogP contribution in [0.1, 0.15) is 11.3 Å². The third-order valence-corrected chi connectivity index (χ3v) is 3.76. The maximum absolute atomic E-state index is 12.3. The first-order chi connectivity index (χ1) is 12.4. The number of aryl methyl sites for hydroxylation is 1. The average Bonchev–Trinajstić information content (AvgIpc) is 2.59. The molecule has 2 aromatic rings. The van der Waals surface area contributed by atoms with Crippen LogP contribution >= 0.6 is 0 Å². The van der Waals surface area contributed by atoms with E-state index in [1.54, 1.807) is 6.07 Å². The summed E-state index contributed by atoms with van der Waals surface area (Å²) in [6, 6.07) is 7.72. The highest BCUT2D eigenvalue weighted by atomic mass is 19.4. The van der Waals surface area contributed by atoms with Gasteiger partial charge in [0.05, 0.1) is 0 Å². The summed E-state index contributed by atoms with van der Waals surface area (Å²) in [6.07, 6.45) is -4.72. The lowest BCUT2D eigenvalue weighted by Crippen LogP contribution is -2.44. The van der Waals surface area contributed by atoms with Gasteiger partial charge in [-0.3, -0.25) is 0 Å². The highest BCUT2D eigenvalue weighted by Gasteiger charge is 2.31. The van der Waals surface area contributed by atoms with Gasteiger partial charge in [0.15, 0.2) is 0 Å². The zero-order chi connectivity index (χ0) is 18.6. The quantitative estimate of drug-likeness (QED) is 0.876. The normalized spacial score (nSPS) is 15.0. The van der Waals surface area contributed by atoms with Crippen LogP contribution in [-0.4, -0.2) is 42.5 Å². The fraction of sp³-hybridized carbons (Fsp3) is 0.412. The molecular weight excluding hydrogens is 349 g/mol. The molecule has 0 radical (unpaired) electrons. The Morgan fingerprint density at radius 1 is 1.15 bits per heavy atom. The fourth-order valence-corrected chi connectivity index (χ4v) is 2.63. The summed E-state index contributed by atoms with van der Waals surface area (Å²) in [5.74, 6) is 0.494. The Labute approximate surface area is 149 Å². The number of benzene rings is 1. The molecule has 9 heteroatoms. The van der Waals surface area contributed by atoms with Gasteiger partial charge in [-0.15, -0.1) is 13.2 Å². The Balaban J connectivity index is 1.68. The molecule has 0 bridgehead atoms. The minimum absolute atomic E-state index is 0.0412. The minimum Gasteiger partial charge on any atom is -0.459 e. The van der Waals surface area contributed by atoms with Gasteiger partial charge < -0.3 is 19.7 Å². The molecule has 140 valence electrons. The summed E-state index contributed by atoms with van der Waals surface area (Å²) in [7, 11) is 0. The number of nitrogens with one attached hydrogen (secondary N) is 1. The van der Waals surface area contributed by atoms with Gasteiger partial charge in [0.1, 0.15) is 18.2 Å². The summed E-state index contributed by atoms with van der Waals surface area (Å²) in [5, 5.41) is 3.27. The van der Waals surface area contributed by atoms with E-state index in [1.165, 1.54) is 18.2 Å². The maximum atomic E-state index is 12.3. The Bertz CT molecular complexity index is 749. The van der Waals surface area contributed by atoms with Crippen molar-refractivity contribution >= 4 is 5.82 Å². The SMILES string of the molecule is Cc1cc(N2CCNCC2)nc(OCc2cccc(OC(F)(F)F)c2)n1. The number of halogens is 3. The Morgan fingerprint density at radius 2 is 1.92 bits per heavy atom. The molecule has 2 heterocycles. The molecule has 3 rings (SSSR count). The van der Waals surface area contributed by atoms with E-state index < -0.39 is 6.36 Å². The molecule has 0 atom stereocenters. The Morgan fingerprint density at radius 3 is 2.65 bits per heavy atom. The molecule has 1 aromatic heterocycles. The number of nitrogens with zero attached hydrogens (tertiary/aromatic N) is 3. The van der Waals surface area contributed by atoms with E-state index in [4.69, 9.17) is 4.74 Å². The van der Waals surface area contributed by atoms with E-state index in [1.807, 2.05) is 13.0 Å². The van der Waals surface area contributed by atoms with E-state index in [0.717, 1.165) is 37.7 Å². The lowest BCUT2D eigenvalue weighted by atomic mass is 10.2. The first-order valence-corrected chi connectivity index (χ1v) is 8.18. The zero-order valence-corrected chi connectivity index (χ0v) is 14.2. The molecule has 0 amide bonds. The molecule has 0 spiro atoms. The van der Waals surface area contributed by atoms with Gasteiger partial charge in [-0.1, -0.05) is 12.1 Å². The first kappa shape index (κ1) is 18.2. The van der Waals surface area contributed by atoms with Crippen molar-refractivity contribution in [3.8, 4) is 11.8 Å². The summed E-state index contributed by atoms with van der Waals surface area (Å²) in [4.78, 5) is 10.8. The topological polar surface area (TPSA) is 59.5 Å². The predicted octanol–water partition coefficient (Wildman–Crippen LogP) is 2.67. The van der Waals surface area contributed by atoms with E-state index in [2.05, 4.69) is 24.9 Å². The Hall–Kier alpha value is -2.55. The molecule has 1 fully saturated rings. The van der Waals surface area contributed by atoms with Crippen molar-refractivity contribution in [3.63, 3.8) is 0 Å². The standard InChI is InChI=1S/C17H19F3N4O2/c1-12-9-15(24-7-5-21-6-8-24)23-16(22-12)25-11-13-3-2-4-14(10-13)26-17(18,19)20/h2-4,9-10,21H,5-8,11H2,1H3. The average molecular weight is 368 g/mol. The van der Waals surface area contributed by atoms with Crippen molar-refractivity contribution in [2.75, 3.05) is 31.1 Å². The van der Waals surface area contributed by atoms with E-state index in [9.17, 15) is 13.2 Å². The molecule has 0 aliphatic carbocycles. The summed E-state index contributed by atoms with van der Waals surface area (Å²) >= 11 is 0. The van der Waals surface area contributed by atoms with Gasteiger partial charge in [-0.25, -0.2) is 4.98 Å². The number of rotatable bonds is 5. The van der Waals surface area contributed by atoms with Gasteiger partial charge in [0, 0.05) is 37.9 Å². The largest absolute Gasteiger partial charge is 0.573 e. The van der Waals surface area contributed by atoms with Crippen molar-refractivity contribution in [2.24, 2.45) is 0 Å². The van der Waals surface area contributed by atoms with Crippen LogP contribution in [0.25, 0.3) is 0 Å². The second kappa shape index (κ2) is 7.77. The Kier molecular flexibility index (Phi) is 5.46. The number of hydrogen-bond acceptors (Lipinski definition) is 6. The fourth-order valence-electron chi connectivity index (χ4n) is 2.63. The van der Waals surface area contributed by atoms with Crippen LogP contribution in [0.3, 0.4) is 0 Å². The highest BCUT2D eigenvalue weighted by Crippen LogP contribution is 2.24. The van der Waals surface area contributed by atoms with Crippen LogP contribution in [-0.2, 0) is 6.61 Å². The highest BCUT2D eigenvalue weighted by molar-refractivity contribution is 5.41. The van der Waals surface area contributed by atoms with Crippen LogP contribution in [0, 0.1) is 6.92 Å². The van der Waals surface area contributed by atoms with Crippen LogP contribution in [0.5, 0.6) is 11.8 Å². The zero-order valence-electron chi connectivity index (χ0n) is 14.2. The number of ether oxygens (including phenoxy) is 2. The number of anilines is 1. The van der Waals surface area contributed by atoms with Crippen molar-refractivity contribution in [3.05, 3.63) is 41.6 Å². The van der Waals surface area contributed by atoms with Crippen molar-refractivity contribution in [1.82, 2.24) is 15.3 Å². The van der Waals surface area contributed by atoms with Crippen LogP contribution in [0.4, 0.5) is 19.0 Å². The lowest BCUT2D eigenvalue weighted by Gasteiger charge is -2.28. The van der Waals surface area contributed by atoms with Crippen LogP contribution in [0.2, 0.25) is 0 Å². The molecular formula is C17H19F3N4O2. The molecule has 1 aliphatic rings. The molecule has 1 saturated heterocycles. The lowest BCUT2D eigenvalue weighted by molar-refractivity contribution is -0.274. The minimum atomic E-state index is -4.72. The van der Waals surface area contributed by atoms with Gasteiger partial charge >= 0.3 is 12.4 Å². The third kappa shape index (κ3) is 5.22. The second-order valence-electron chi connectivity index (χ2n) is 5.87. The third-order valence-electron chi connectivity index (χ3n) is 3.76. The number of alkyl halides is 3. The maximum Gasteiger partial charge on any atom is 0.573 e. The summed E-state index contributed by atoms with van der Waals surface area (Å²) < 4.78 is 46.4. The monoisotopic (exact) mass is 368 g/mol. The smallest absolute Gasteiger partial charge is 0.459 e. The van der Waals surface area contributed by atoms with E-state index >= 15 is 0 Å². The van der Waals surface area contributed by atoms with Gasteiger partial charge in [-0.05, 0) is 24.6 Å². The number of piperazine rings is 1. The predicted molar refractivity (Wildman–Crippen MR) is 89.3 cm³/mol. The molecule has 0 saturated carbocycles.